The molecule has 0 radical (unpaired) electrons. The van der Waals surface area contributed by atoms with Gasteiger partial charge in [0.25, 0.3) is 12.0 Å². The Morgan fingerprint density at radius 3 is 2.65 bits per heavy atom. The van der Waals surface area contributed by atoms with Crippen molar-refractivity contribution in [2.75, 3.05) is 17.6 Å². The third kappa shape index (κ3) is 3.80. The molecular weight excluding hydrogens is 274 g/mol. The number of hydrogen-bond acceptors (Lipinski definition) is 5. The first-order chi connectivity index (χ1) is 9.38. The molecule has 0 spiro atoms. The van der Waals surface area contributed by atoms with Gasteiger partial charge < -0.3 is 16.2 Å². The number of nitrogens with two attached hydrogens (primary N) is 1. The summed E-state index contributed by atoms with van der Waals surface area (Å²) in [5, 5.41) is 11.3. The lowest BCUT2D eigenvalue weighted by atomic mass is 10.3. The monoisotopic (exact) mass is 292 g/mol. The molecule has 1 aromatic rings. The SMILES string of the molecule is CCCCn1c(N)c(NCC(O)C(F)F)c(=O)[nH]c1=O. The zero-order chi connectivity index (χ0) is 15.3. The third-order valence-corrected chi connectivity index (χ3v) is 2.75. The fourth-order valence-corrected chi connectivity index (χ4v) is 1.59. The van der Waals surface area contributed by atoms with Crippen LogP contribution < -0.4 is 22.3 Å². The number of nitrogens with one attached hydrogen (secondary N) is 2. The van der Waals surface area contributed by atoms with Gasteiger partial charge in [-0.15, -0.1) is 0 Å². The van der Waals surface area contributed by atoms with Crippen LogP contribution in [0.1, 0.15) is 19.8 Å². The van der Waals surface area contributed by atoms with E-state index in [0.29, 0.717) is 13.0 Å². The molecule has 0 bridgehead atoms. The minimum atomic E-state index is -2.94. The van der Waals surface area contributed by atoms with Gasteiger partial charge in [0.15, 0.2) is 0 Å². The van der Waals surface area contributed by atoms with Gasteiger partial charge in [-0.05, 0) is 6.42 Å². The van der Waals surface area contributed by atoms with E-state index in [1.54, 1.807) is 0 Å². The predicted molar refractivity (Wildman–Crippen MR) is 71.1 cm³/mol. The van der Waals surface area contributed by atoms with E-state index in [9.17, 15) is 18.4 Å². The first-order valence-electron chi connectivity index (χ1n) is 6.21. The molecule has 0 aliphatic heterocycles. The Balaban J connectivity index is 3.01. The van der Waals surface area contributed by atoms with Crippen molar-refractivity contribution in [3.8, 4) is 0 Å². The Morgan fingerprint density at radius 1 is 1.45 bits per heavy atom. The summed E-state index contributed by atoms with van der Waals surface area (Å²) in [5.74, 6) is -0.131. The zero-order valence-electron chi connectivity index (χ0n) is 11.0. The van der Waals surface area contributed by atoms with Crippen LogP contribution in [0.4, 0.5) is 20.3 Å². The minimum absolute atomic E-state index is 0.131. The van der Waals surface area contributed by atoms with Crippen molar-refractivity contribution in [1.29, 1.82) is 0 Å². The summed E-state index contributed by atoms with van der Waals surface area (Å²) in [6.07, 6.45) is -3.37. The summed E-state index contributed by atoms with van der Waals surface area (Å²) in [4.78, 5) is 25.2. The van der Waals surface area contributed by atoms with Gasteiger partial charge in [0.05, 0.1) is 0 Å². The highest BCUT2D eigenvalue weighted by Crippen LogP contribution is 2.11. The second-order valence-electron chi connectivity index (χ2n) is 4.31. The van der Waals surface area contributed by atoms with Crippen molar-refractivity contribution < 1.29 is 13.9 Å². The highest BCUT2D eigenvalue weighted by molar-refractivity contribution is 5.60. The Morgan fingerprint density at radius 2 is 2.10 bits per heavy atom. The number of alkyl halides is 2. The number of hydrogen-bond donors (Lipinski definition) is 4. The fourth-order valence-electron chi connectivity index (χ4n) is 1.59. The summed E-state index contributed by atoms with van der Waals surface area (Å²) < 4.78 is 25.5. The smallest absolute Gasteiger partial charge is 0.330 e. The van der Waals surface area contributed by atoms with Crippen LogP contribution in [0, 0.1) is 0 Å². The maximum atomic E-state index is 12.2. The average Bonchev–Trinajstić information content (AvgIpc) is 2.37. The number of nitrogen functional groups attached to an aromatic ring is 1. The first-order valence-corrected chi connectivity index (χ1v) is 6.21. The number of aromatic amines is 1. The molecule has 7 nitrogen and oxygen atoms in total. The lowest BCUT2D eigenvalue weighted by Gasteiger charge is -2.15. The number of H-pyrrole nitrogens is 1. The molecule has 0 amide bonds. The van der Waals surface area contributed by atoms with Crippen molar-refractivity contribution >= 4 is 11.5 Å². The van der Waals surface area contributed by atoms with Crippen molar-refractivity contribution in [2.24, 2.45) is 0 Å². The Hall–Kier alpha value is -1.90. The molecule has 0 aliphatic rings. The molecule has 0 saturated heterocycles. The molecule has 1 aromatic heterocycles. The Kier molecular flexibility index (Phi) is 5.68. The average molecular weight is 292 g/mol. The summed E-state index contributed by atoms with van der Waals surface area (Å²) in [6.45, 7) is 1.69. The van der Waals surface area contributed by atoms with Crippen LogP contribution in [0.25, 0.3) is 0 Å². The molecule has 0 aromatic carbocycles. The van der Waals surface area contributed by atoms with Gasteiger partial charge >= 0.3 is 5.69 Å². The van der Waals surface area contributed by atoms with Crippen LogP contribution in [0.3, 0.4) is 0 Å². The van der Waals surface area contributed by atoms with E-state index in [0.717, 1.165) is 11.0 Å². The van der Waals surface area contributed by atoms with Gasteiger partial charge in [-0.2, -0.15) is 0 Å². The van der Waals surface area contributed by atoms with Crippen LogP contribution in [0.5, 0.6) is 0 Å². The van der Waals surface area contributed by atoms with Crippen molar-refractivity contribution in [3.63, 3.8) is 0 Å². The molecule has 9 heteroatoms. The molecule has 114 valence electrons. The molecule has 1 unspecified atom stereocenters. The van der Waals surface area contributed by atoms with E-state index in [4.69, 9.17) is 10.8 Å². The predicted octanol–water partition coefficient (Wildman–Crippen LogP) is -0.0432. The largest absolute Gasteiger partial charge is 0.385 e. The highest BCUT2D eigenvalue weighted by atomic mass is 19.3. The van der Waals surface area contributed by atoms with Crippen molar-refractivity contribution in [2.45, 2.75) is 38.8 Å². The topological polar surface area (TPSA) is 113 Å². The summed E-state index contributed by atoms with van der Waals surface area (Å²) >= 11 is 0. The summed E-state index contributed by atoms with van der Waals surface area (Å²) in [6, 6.07) is 0. The Bertz CT molecular complexity index is 556. The number of rotatable bonds is 7. The van der Waals surface area contributed by atoms with Gasteiger partial charge in [0, 0.05) is 13.1 Å². The number of aliphatic hydroxyl groups excluding tert-OH is 1. The van der Waals surface area contributed by atoms with Gasteiger partial charge in [0.2, 0.25) is 0 Å². The van der Waals surface area contributed by atoms with Crippen molar-refractivity contribution in [1.82, 2.24) is 9.55 Å². The number of unbranched alkanes of at least 4 members (excludes halogenated alkanes) is 1. The number of aliphatic hydroxyl groups is 1. The third-order valence-electron chi connectivity index (χ3n) is 2.75. The van der Waals surface area contributed by atoms with Crippen LogP contribution in [-0.4, -0.2) is 33.7 Å². The fraction of sp³-hybridized carbons (Fsp3) is 0.636. The van der Waals surface area contributed by atoms with E-state index < -0.39 is 30.3 Å². The maximum Gasteiger partial charge on any atom is 0.330 e. The minimum Gasteiger partial charge on any atom is -0.385 e. The summed E-state index contributed by atoms with van der Waals surface area (Å²) in [7, 11) is 0. The lowest BCUT2D eigenvalue weighted by Crippen LogP contribution is -2.36. The molecule has 5 N–H and O–H groups in total. The Labute approximate surface area is 113 Å². The standard InChI is InChI=1S/C11H18F2N4O3/c1-2-3-4-17-9(14)7(10(19)16-11(17)20)15-5-6(18)8(12)13/h6,8,15,18H,2-5,14H2,1H3,(H,16,19,20). The van der Waals surface area contributed by atoms with Crippen LogP contribution in [0.2, 0.25) is 0 Å². The molecular formula is C11H18F2N4O3. The highest BCUT2D eigenvalue weighted by Gasteiger charge is 2.18. The van der Waals surface area contributed by atoms with Crippen LogP contribution in [0.15, 0.2) is 9.59 Å². The van der Waals surface area contributed by atoms with E-state index in [2.05, 4.69) is 10.3 Å². The quantitative estimate of drug-likeness (QED) is 0.563. The second kappa shape index (κ2) is 7.04. The maximum absolute atomic E-state index is 12.2. The molecule has 1 heterocycles. The number of halogens is 2. The van der Waals surface area contributed by atoms with Gasteiger partial charge in [-0.3, -0.25) is 14.3 Å². The molecule has 1 atom stereocenters. The number of anilines is 2. The normalized spacial score (nSPS) is 12.7. The van der Waals surface area contributed by atoms with Gasteiger partial charge in [-0.25, -0.2) is 13.6 Å². The first kappa shape index (κ1) is 16.2. The van der Waals surface area contributed by atoms with Crippen molar-refractivity contribution in [3.05, 3.63) is 20.8 Å². The van der Waals surface area contributed by atoms with E-state index >= 15 is 0 Å². The zero-order valence-corrected chi connectivity index (χ0v) is 11.0. The van der Waals surface area contributed by atoms with Gasteiger partial charge in [0.1, 0.15) is 17.6 Å². The van der Waals surface area contributed by atoms with E-state index in [1.807, 2.05) is 6.92 Å². The number of nitrogens with zero attached hydrogens (tertiary/aromatic N) is 1. The molecule has 20 heavy (non-hydrogen) atoms. The molecule has 0 aliphatic carbocycles. The van der Waals surface area contributed by atoms with Crippen LogP contribution in [-0.2, 0) is 6.54 Å². The lowest BCUT2D eigenvalue weighted by molar-refractivity contribution is 0.00383. The molecule has 1 rings (SSSR count). The molecule has 0 fully saturated rings. The van der Waals surface area contributed by atoms with Gasteiger partial charge in [-0.1, -0.05) is 13.3 Å². The van der Waals surface area contributed by atoms with E-state index in [-0.39, 0.29) is 11.5 Å². The summed E-state index contributed by atoms with van der Waals surface area (Å²) in [5.41, 5.74) is 4.05. The number of aromatic nitrogens is 2. The van der Waals surface area contributed by atoms with E-state index in [1.165, 1.54) is 0 Å². The second-order valence-corrected chi connectivity index (χ2v) is 4.31. The van der Waals surface area contributed by atoms with Crippen LogP contribution >= 0.6 is 0 Å². The molecule has 0 saturated carbocycles.